The minimum absolute atomic E-state index is 0.156. The van der Waals surface area contributed by atoms with E-state index in [2.05, 4.69) is 25.9 Å². The zero-order chi connectivity index (χ0) is 25.1. The quantitative estimate of drug-likeness (QED) is 0.403. The lowest BCUT2D eigenvalue weighted by Crippen LogP contribution is -2.21. The number of nitrogens with zero attached hydrogens (tertiary/aromatic N) is 6. The van der Waals surface area contributed by atoms with E-state index in [0.717, 1.165) is 22.6 Å². The van der Waals surface area contributed by atoms with Crippen molar-refractivity contribution in [2.75, 3.05) is 10.6 Å². The fraction of sp³-hybridized carbons (Fsp3) is 0.292. The van der Waals surface area contributed by atoms with Gasteiger partial charge in [-0.15, -0.1) is 0 Å². The predicted octanol–water partition coefficient (Wildman–Crippen LogP) is 3.30. The Bertz CT molecular complexity index is 1380. The standard InChI is InChI=1S/C24H28N8O3/c1-6-32-22(24(34)27-19-12-25-30(5)17(19)4)20(13-26-32)28-23(33)18-9-10-31(29-18)14-35-21-11-15(2)7-8-16(21)3/h7-13H,6,14H2,1-5H3,(H,27,34)(H,28,33). The third-order valence-electron chi connectivity index (χ3n) is 5.65. The normalized spacial score (nSPS) is 10.9. The number of hydrogen-bond donors (Lipinski definition) is 2. The number of hydrogen-bond acceptors (Lipinski definition) is 6. The van der Waals surface area contributed by atoms with Gasteiger partial charge in [-0.05, 0) is 51.0 Å². The molecule has 0 radical (unpaired) electrons. The summed E-state index contributed by atoms with van der Waals surface area (Å²) < 4.78 is 10.6. The van der Waals surface area contributed by atoms with Crippen LogP contribution in [0.3, 0.4) is 0 Å². The van der Waals surface area contributed by atoms with Gasteiger partial charge in [-0.1, -0.05) is 12.1 Å². The molecule has 2 N–H and O–H groups in total. The fourth-order valence-corrected chi connectivity index (χ4v) is 3.50. The zero-order valence-electron chi connectivity index (χ0n) is 20.4. The molecule has 3 heterocycles. The van der Waals surface area contributed by atoms with E-state index in [9.17, 15) is 9.59 Å². The van der Waals surface area contributed by atoms with Crippen molar-refractivity contribution in [2.24, 2.45) is 7.05 Å². The van der Waals surface area contributed by atoms with Crippen molar-refractivity contribution in [1.29, 1.82) is 0 Å². The molecule has 0 aliphatic carbocycles. The lowest BCUT2D eigenvalue weighted by molar-refractivity contribution is 0.101. The summed E-state index contributed by atoms with van der Waals surface area (Å²) in [6.45, 7) is 8.29. The first-order valence-corrected chi connectivity index (χ1v) is 11.2. The molecule has 0 saturated carbocycles. The number of rotatable bonds is 8. The average Bonchev–Trinajstić information content (AvgIpc) is 3.55. The number of carbonyl (C=O) groups excluding carboxylic acids is 2. The van der Waals surface area contributed by atoms with Crippen LogP contribution in [0.25, 0.3) is 0 Å². The van der Waals surface area contributed by atoms with Crippen LogP contribution in [0, 0.1) is 20.8 Å². The molecule has 4 aromatic rings. The van der Waals surface area contributed by atoms with Gasteiger partial charge in [0.15, 0.2) is 12.4 Å². The van der Waals surface area contributed by atoms with Crippen LogP contribution in [-0.4, -0.2) is 41.2 Å². The smallest absolute Gasteiger partial charge is 0.276 e. The number of aromatic nitrogens is 6. The maximum atomic E-state index is 13.0. The number of benzene rings is 1. The van der Waals surface area contributed by atoms with Crippen molar-refractivity contribution in [2.45, 2.75) is 41.0 Å². The number of aryl methyl sites for hydroxylation is 4. The predicted molar refractivity (Wildman–Crippen MR) is 131 cm³/mol. The van der Waals surface area contributed by atoms with Crippen LogP contribution in [0.5, 0.6) is 5.75 Å². The number of carbonyl (C=O) groups is 2. The van der Waals surface area contributed by atoms with Crippen LogP contribution < -0.4 is 15.4 Å². The molecule has 35 heavy (non-hydrogen) atoms. The Kier molecular flexibility index (Phi) is 6.67. The second kappa shape index (κ2) is 9.84. The summed E-state index contributed by atoms with van der Waals surface area (Å²) in [5.41, 5.74) is 4.21. The largest absolute Gasteiger partial charge is 0.471 e. The second-order valence-electron chi connectivity index (χ2n) is 8.18. The Labute approximate surface area is 202 Å². The van der Waals surface area contributed by atoms with Crippen molar-refractivity contribution in [3.63, 3.8) is 0 Å². The van der Waals surface area contributed by atoms with E-state index < -0.39 is 11.8 Å². The van der Waals surface area contributed by atoms with Gasteiger partial charge in [0.25, 0.3) is 11.8 Å². The van der Waals surface area contributed by atoms with Gasteiger partial charge in [0, 0.05) is 19.8 Å². The summed E-state index contributed by atoms with van der Waals surface area (Å²) in [5.74, 6) is -0.0982. The molecule has 182 valence electrons. The summed E-state index contributed by atoms with van der Waals surface area (Å²) in [4.78, 5) is 25.9. The highest BCUT2D eigenvalue weighted by Crippen LogP contribution is 2.21. The SMILES string of the molecule is CCn1ncc(NC(=O)c2ccn(COc3cc(C)ccc3C)n2)c1C(=O)Nc1cnn(C)c1C. The Hall–Kier alpha value is -4.41. The van der Waals surface area contributed by atoms with E-state index >= 15 is 0 Å². The Morgan fingerprint density at radius 2 is 1.74 bits per heavy atom. The lowest BCUT2D eigenvalue weighted by Gasteiger charge is -2.10. The first-order chi connectivity index (χ1) is 16.8. The van der Waals surface area contributed by atoms with E-state index in [1.165, 1.54) is 15.6 Å². The summed E-state index contributed by atoms with van der Waals surface area (Å²) in [5, 5.41) is 18.3. The van der Waals surface area contributed by atoms with Crippen molar-refractivity contribution in [3.8, 4) is 5.75 Å². The summed E-state index contributed by atoms with van der Waals surface area (Å²) in [6.07, 6.45) is 4.69. The minimum Gasteiger partial charge on any atom is -0.471 e. The molecule has 11 heteroatoms. The van der Waals surface area contributed by atoms with Crippen LogP contribution >= 0.6 is 0 Å². The van der Waals surface area contributed by atoms with Crippen LogP contribution in [0.2, 0.25) is 0 Å². The van der Waals surface area contributed by atoms with E-state index in [0.29, 0.717) is 12.2 Å². The summed E-state index contributed by atoms with van der Waals surface area (Å²) in [6, 6.07) is 7.56. The zero-order valence-corrected chi connectivity index (χ0v) is 20.4. The Morgan fingerprint density at radius 3 is 2.46 bits per heavy atom. The van der Waals surface area contributed by atoms with Gasteiger partial charge in [0.05, 0.1) is 29.5 Å². The molecule has 0 spiro atoms. The van der Waals surface area contributed by atoms with E-state index in [4.69, 9.17) is 4.74 Å². The van der Waals surface area contributed by atoms with Gasteiger partial charge in [0.1, 0.15) is 11.4 Å². The minimum atomic E-state index is -0.460. The molecule has 0 atom stereocenters. The second-order valence-corrected chi connectivity index (χ2v) is 8.18. The molecular formula is C24H28N8O3. The third-order valence-corrected chi connectivity index (χ3v) is 5.65. The van der Waals surface area contributed by atoms with Gasteiger partial charge in [-0.25, -0.2) is 4.68 Å². The highest BCUT2D eigenvalue weighted by molar-refractivity contribution is 6.11. The van der Waals surface area contributed by atoms with Crippen LogP contribution in [0.15, 0.2) is 42.9 Å². The molecular weight excluding hydrogens is 448 g/mol. The maximum absolute atomic E-state index is 13.0. The molecule has 0 fully saturated rings. The van der Waals surface area contributed by atoms with Crippen molar-refractivity contribution >= 4 is 23.2 Å². The molecule has 11 nitrogen and oxygen atoms in total. The molecule has 0 bridgehead atoms. The first kappa shape index (κ1) is 23.7. The van der Waals surface area contributed by atoms with Crippen LogP contribution in [-0.2, 0) is 20.3 Å². The average molecular weight is 477 g/mol. The van der Waals surface area contributed by atoms with Gasteiger partial charge in [-0.3, -0.25) is 19.0 Å². The van der Waals surface area contributed by atoms with Crippen LogP contribution in [0.1, 0.15) is 44.7 Å². The van der Waals surface area contributed by atoms with Gasteiger partial charge < -0.3 is 15.4 Å². The monoisotopic (exact) mass is 476 g/mol. The molecule has 0 saturated heterocycles. The third kappa shape index (κ3) is 5.08. The highest BCUT2D eigenvalue weighted by Gasteiger charge is 2.22. The fourth-order valence-electron chi connectivity index (χ4n) is 3.50. The molecule has 0 unspecified atom stereocenters. The van der Waals surface area contributed by atoms with E-state index in [1.54, 1.807) is 30.2 Å². The van der Waals surface area contributed by atoms with Crippen molar-refractivity contribution < 1.29 is 14.3 Å². The Morgan fingerprint density at radius 1 is 1.00 bits per heavy atom. The molecule has 1 aromatic carbocycles. The number of amides is 2. The maximum Gasteiger partial charge on any atom is 0.276 e. The molecule has 0 aliphatic heterocycles. The van der Waals surface area contributed by atoms with Gasteiger partial charge >= 0.3 is 0 Å². The molecule has 0 aliphatic rings. The van der Waals surface area contributed by atoms with Crippen molar-refractivity contribution in [1.82, 2.24) is 29.3 Å². The van der Waals surface area contributed by atoms with Crippen LogP contribution in [0.4, 0.5) is 11.4 Å². The summed E-state index contributed by atoms with van der Waals surface area (Å²) in [7, 11) is 1.79. The number of nitrogens with one attached hydrogen (secondary N) is 2. The number of anilines is 2. The number of ether oxygens (including phenoxy) is 1. The molecule has 4 rings (SSSR count). The summed E-state index contributed by atoms with van der Waals surface area (Å²) >= 11 is 0. The first-order valence-electron chi connectivity index (χ1n) is 11.2. The highest BCUT2D eigenvalue weighted by atomic mass is 16.5. The Balaban J connectivity index is 1.46. The van der Waals surface area contributed by atoms with Gasteiger partial charge in [0.2, 0.25) is 0 Å². The van der Waals surface area contributed by atoms with Gasteiger partial charge in [-0.2, -0.15) is 15.3 Å². The topological polar surface area (TPSA) is 121 Å². The lowest BCUT2D eigenvalue weighted by atomic mass is 10.1. The molecule has 2 amide bonds. The van der Waals surface area contributed by atoms with E-state index in [1.807, 2.05) is 45.9 Å². The van der Waals surface area contributed by atoms with E-state index in [-0.39, 0.29) is 23.8 Å². The molecule has 3 aromatic heterocycles. The van der Waals surface area contributed by atoms with Crippen molar-refractivity contribution in [3.05, 3.63) is 71.1 Å².